The van der Waals surface area contributed by atoms with Crippen LogP contribution in [0, 0.1) is 0 Å². The Kier molecular flexibility index (Phi) is 7.12. The van der Waals surface area contributed by atoms with Gasteiger partial charge in [-0.05, 0) is 70.4 Å². The Labute approximate surface area is 227 Å². The Morgan fingerprint density at radius 1 is 0.824 bits per heavy atom. The number of anilines is 2. The van der Waals surface area contributed by atoms with Crippen molar-refractivity contribution in [3.63, 3.8) is 0 Å². The molecule has 2 N–H and O–H groups in total. The van der Waals surface area contributed by atoms with Crippen molar-refractivity contribution in [2.24, 2.45) is 0 Å². The molecule has 0 unspecified atom stereocenters. The van der Waals surface area contributed by atoms with Gasteiger partial charge in [0.15, 0.2) is 0 Å². The molecular weight excluding hydrogens is 607 g/mol. The predicted octanol–water partition coefficient (Wildman–Crippen LogP) is 6.72. The third kappa shape index (κ3) is 4.16. The molecule has 2 fully saturated rings. The molecular formula is C24H28Br2Cl2N4O2. The molecule has 0 amide bonds. The van der Waals surface area contributed by atoms with Crippen molar-refractivity contribution in [1.29, 1.82) is 0 Å². The summed E-state index contributed by atoms with van der Waals surface area (Å²) in [6.45, 7) is 1.84. The van der Waals surface area contributed by atoms with E-state index in [1.54, 1.807) is 26.6 Å². The molecule has 0 aromatic carbocycles. The number of hydrogen-bond donors (Lipinski definition) is 2. The summed E-state index contributed by atoms with van der Waals surface area (Å²) in [5.74, 6) is 1.88. The number of rotatable bonds is 2. The van der Waals surface area contributed by atoms with E-state index in [-0.39, 0.29) is 10.8 Å². The fourth-order valence-electron chi connectivity index (χ4n) is 6.18. The maximum absolute atomic E-state index is 6.43. The molecule has 2 aliphatic heterocycles. The van der Waals surface area contributed by atoms with Crippen molar-refractivity contribution >= 4 is 66.7 Å². The number of hydrogen-bond acceptors (Lipinski definition) is 6. The van der Waals surface area contributed by atoms with Gasteiger partial charge in [-0.3, -0.25) is 0 Å². The van der Waals surface area contributed by atoms with Gasteiger partial charge in [0.1, 0.15) is 11.6 Å². The van der Waals surface area contributed by atoms with Crippen molar-refractivity contribution in [2.75, 3.05) is 37.9 Å². The standard InChI is InChI=1S/2C12H14BrClN2O/c2*1-17-7-2-3-12(4-7)6-16-11-9(12)10(14)8(13)5-15-11/h2*5,7H,2-4,6H2,1H3,(H,15,16)/t7-,12+;7-,12-/m10/s1. The van der Waals surface area contributed by atoms with Crippen molar-refractivity contribution in [3.8, 4) is 0 Å². The molecule has 2 aromatic heterocycles. The summed E-state index contributed by atoms with van der Waals surface area (Å²) in [4.78, 5) is 8.81. The van der Waals surface area contributed by atoms with Crippen LogP contribution in [0.3, 0.4) is 0 Å². The third-order valence-corrected chi connectivity index (χ3v) is 10.4. The van der Waals surface area contributed by atoms with E-state index < -0.39 is 0 Å². The lowest BCUT2D eigenvalue weighted by atomic mass is 9.81. The summed E-state index contributed by atoms with van der Waals surface area (Å²) in [6.07, 6.45) is 10.7. The third-order valence-electron chi connectivity index (χ3n) is 7.99. The number of ether oxygens (including phenoxy) is 2. The Morgan fingerprint density at radius 3 is 1.59 bits per heavy atom. The summed E-state index contributed by atoms with van der Waals surface area (Å²) in [7, 11) is 3.57. The maximum atomic E-state index is 6.43. The van der Waals surface area contributed by atoms with Gasteiger partial charge in [-0.15, -0.1) is 0 Å². The molecule has 0 saturated heterocycles. The fraction of sp³-hybridized carbons (Fsp3) is 0.583. The number of halogens is 4. The molecule has 4 heterocycles. The first kappa shape index (κ1) is 25.0. The molecule has 4 atom stereocenters. The van der Waals surface area contributed by atoms with Crippen molar-refractivity contribution < 1.29 is 9.47 Å². The van der Waals surface area contributed by atoms with Gasteiger partial charge in [-0.2, -0.15) is 0 Å². The van der Waals surface area contributed by atoms with Crippen LogP contribution in [-0.4, -0.2) is 49.5 Å². The monoisotopic (exact) mass is 632 g/mol. The lowest BCUT2D eigenvalue weighted by molar-refractivity contribution is 0.104. The van der Waals surface area contributed by atoms with Gasteiger partial charge in [-0.25, -0.2) is 9.97 Å². The second-order valence-electron chi connectivity index (χ2n) is 9.76. The average molecular weight is 635 g/mol. The van der Waals surface area contributed by atoms with Crippen LogP contribution in [0.1, 0.15) is 49.7 Å². The summed E-state index contributed by atoms with van der Waals surface area (Å²) >= 11 is 19.8. The molecule has 6 nitrogen and oxygen atoms in total. The summed E-state index contributed by atoms with van der Waals surface area (Å²) in [5, 5.41) is 8.35. The number of nitrogens with one attached hydrogen (secondary N) is 2. The van der Waals surface area contributed by atoms with Crippen LogP contribution in [-0.2, 0) is 20.3 Å². The van der Waals surface area contributed by atoms with Gasteiger partial charge in [0, 0.05) is 61.7 Å². The summed E-state index contributed by atoms with van der Waals surface area (Å²) < 4.78 is 12.7. The molecule has 0 bridgehead atoms. The zero-order valence-corrected chi connectivity index (χ0v) is 23.9. The second-order valence-corrected chi connectivity index (χ2v) is 12.2. The average Bonchev–Trinajstić information content (AvgIpc) is 3.62. The minimum Gasteiger partial charge on any atom is -0.381 e. The molecule has 34 heavy (non-hydrogen) atoms. The van der Waals surface area contributed by atoms with Crippen LogP contribution in [0.15, 0.2) is 21.3 Å². The van der Waals surface area contributed by atoms with Crippen LogP contribution in [0.2, 0.25) is 10.0 Å². The molecule has 2 aromatic rings. The molecule has 2 aliphatic carbocycles. The van der Waals surface area contributed by atoms with Crippen molar-refractivity contribution in [3.05, 3.63) is 42.5 Å². The first-order valence-electron chi connectivity index (χ1n) is 11.5. The maximum Gasteiger partial charge on any atom is 0.131 e. The Balaban J connectivity index is 0.000000142. The number of pyridine rings is 2. The minimum atomic E-state index is 0.115. The number of nitrogens with zero attached hydrogens (tertiary/aromatic N) is 2. The molecule has 10 heteroatoms. The second kappa shape index (κ2) is 9.67. The van der Waals surface area contributed by atoms with E-state index >= 15 is 0 Å². The molecule has 2 saturated carbocycles. The first-order valence-corrected chi connectivity index (χ1v) is 13.9. The largest absolute Gasteiger partial charge is 0.381 e. The van der Waals surface area contributed by atoms with Crippen LogP contribution < -0.4 is 10.6 Å². The predicted molar refractivity (Wildman–Crippen MR) is 144 cm³/mol. The lowest BCUT2D eigenvalue weighted by Crippen LogP contribution is -2.26. The van der Waals surface area contributed by atoms with E-state index in [2.05, 4.69) is 52.5 Å². The molecule has 184 valence electrons. The summed E-state index contributed by atoms with van der Waals surface area (Å²) in [5.41, 5.74) is 2.58. The topological polar surface area (TPSA) is 68.3 Å². The summed E-state index contributed by atoms with van der Waals surface area (Å²) in [6, 6.07) is 0. The number of methoxy groups -OCH3 is 2. The van der Waals surface area contributed by atoms with Crippen molar-refractivity contribution in [1.82, 2.24) is 9.97 Å². The smallest absolute Gasteiger partial charge is 0.131 e. The highest BCUT2D eigenvalue weighted by molar-refractivity contribution is 9.10. The quantitative estimate of drug-likeness (QED) is 0.382. The van der Waals surface area contributed by atoms with Crippen LogP contribution in [0.5, 0.6) is 0 Å². The Morgan fingerprint density at radius 2 is 1.24 bits per heavy atom. The first-order chi connectivity index (χ1) is 16.3. The Bertz CT molecular complexity index is 1020. The van der Waals surface area contributed by atoms with Gasteiger partial charge >= 0.3 is 0 Å². The van der Waals surface area contributed by atoms with E-state index in [9.17, 15) is 0 Å². The van der Waals surface area contributed by atoms with E-state index in [1.165, 1.54) is 11.1 Å². The van der Waals surface area contributed by atoms with E-state index in [4.69, 9.17) is 32.7 Å². The number of fused-ring (bicyclic) bond motifs is 4. The van der Waals surface area contributed by atoms with Gasteiger partial charge in [0.25, 0.3) is 0 Å². The molecule has 6 rings (SSSR count). The van der Waals surface area contributed by atoms with Gasteiger partial charge in [0.05, 0.1) is 31.2 Å². The van der Waals surface area contributed by atoms with Crippen LogP contribution in [0.25, 0.3) is 0 Å². The molecule has 0 radical (unpaired) electrons. The zero-order chi connectivity index (χ0) is 24.1. The Hall–Kier alpha value is -0.640. The highest BCUT2D eigenvalue weighted by atomic mass is 79.9. The van der Waals surface area contributed by atoms with Crippen LogP contribution >= 0.6 is 55.1 Å². The van der Waals surface area contributed by atoms with Gasteiger partial charge < -0.3 is 20.1 Å². The van der Waals surface area contributed by atoms with Crippen molar-refractivity contribution in [2.45, 2.75) is 61.6 Å². The van der Waals surface area contributed by atoms with Gasteiger partial charge in [-0.1, -0.05) is 23.2 Å². The number of aromatic nitrogens is 2. The SMILES string of the molecule is CO[C@@H]1CC[C@@]2(CNc3ncc(Br)c(Cl)c32)C1.CO[C@H]1CC[C@@]2(CNc3ncc(Br)c(Cl)c32)C1. The lowest BCUT2D eigenvalue weighted by Gasteiger charge is -2.24. The van der Waals surface area contributed by atoms with Gasteiger partial charge in [0.2, 0.25) is 0 Å². The minimum absolute atomic E-state index is 0.115. The molecule has 4 aliphatic rings. The highest BCUT2D eigenvalue weighted by Crippen LogP contribution is 2.53. The molecule has 2 spiro atoms. The van der Waals surface area contributed by atoms with E-state index in [0.717, 1.165) is 82.2 Å². The highest BCUT2D eigenvalue weighted by Gasteiger charge is 2.48. The van der Waals surface area contributed by atoms with Crippen LogP contribution in [0.4, 0.5) is 11.6 Å². The normalized spacial score (nSPS) is 30.6. The van der Waals surface area contributed by atoms with E-state index in [1.807, 2.05) is 0 Å². The fourth-order valence-corrected chi connectivity index (χ4v) is 7.46. The van der Waals surface area contributed by atoms with E-state index in [0.29, 0.717) is 12.2 Å². The zero-order valence-electron chi connectivity index (χ0n) is 19.2.